The van der Waals surface area contributed by atoms with Gasteiger partial charge < -0.3 is 10.2 Å². The number of nitrogens with one attached hydrogen (secondary N) is 1. The number of nitrogens with zero attached hydrogens (tertiary/aromatic N) is 3. The van der Waals surface area contributed by atoms with Gasteiger partial charge in [0.15, 0.2) is 0 Å². The van der Waals surface area contributed by atoms with Crippen LogP contribution >= 0.6 is 15.9 Å². The second-order valence-corrected chi connectivity index (χ2v) is 11.3. The maximum absolute atomic E-state index is 13.8. The molecule has 0 unspecified atom stereocenters. The Kier molecular flexibility index (Phi) is 9.59. The molecular weight excluding hydrogens is 576 g/mol. The lowest BCUT2D eigenvalue weighted by atomic mass is 10.0. The van der Waals surface area contributed by atoms with Crippen molar-refractivity contribution in [3.05, 3.63) is 105 Å². The normalized spacial score (nSPS) is 11.9. The highest BCUT2D eigenvalue weighted by molar-refractivity contribution is 9.10. The molecule has 10 nitrogen and oxygen atoms in total. The summed E-state index contributed by atoms with van der Waals surface area (Å²) in [7, 11) is -2.56. The van der Waals surface area contributed by atoms with Crippen molar-refractivity contribution in [1.82, 2.24) is 10.2 Å². The molecular formula is C26H27BrN4O6S. The first-order chi connectivity index (χ1) is 18.0. The van der Waals surface area contributed by atoms with Crippen molar-refractivity contribution in [2.75, 3.05) is 24.2 Å². The van der Waals surface area contributed by atoms with E-state index in [-0.39, 0.29) is 24.3 Å². The van der Waals surface area contributed by atoms with Crippen LogP contribution in [-0.2, 0) is 32.6 Å². The van der Waals surface area contributed by atoms with E-state index in [4.69, 9.17) is 0 Å². The number of nitro groups is 1. The Bertz CT molecular complexity index is 1420. The summed E-state index contributed by atoms with van der Waals surface area (Å²) in [4.78, 5) is 38.9. The molecule has 0 spiro atoms. The Morgan fingerprint density at radius 1 is 1.00 bits per heavy atom. The van der Waals surface area contributed by atoms with E-state index < -0.39 is 39.3 Å². The van der Waals surface area contributed by atoms with Crippen molar-refractivity contribution in [2.45, 2.75) is 19.0 Å². The number of benzene rings is 3. The minimum Gasteiger partial charge on any atom is -0.357 e. The van der Waals surface area contributed by atoms with E-state index in [1.54, 1.807) is 18.2 Å². The Balaban J connectivity index is 2.04. The van der Waals surface area contributed by atoms with Crippen LogP contribution < -0.4 is 9.62 Å². The van der Waals surface area contributed by atoms with Crippen LogP contribution in [-0.4, -0.2) is 55.9 Å². The molecule has 0 saturated heterocycles. The molecule has 1 N–H and O–H groups in total. The van der Waals surface area contributed by atoms with Gasteiger partial charge in [-0.05, 0) is 29.3 Å². The molecule has 0 bridgehead atoms. The Morgan fingerprint density at radius 2 is 1.66 bits per heavy atom. The second kappa shape index (κ2) is 12.7. The third-order valence-electron chi connectivity index (χ3n) is 5.77. The fraction of sp³-hybridized carbons (Fsp3) is 0.231. The molecule has 3 aromatic carbocycles. The maximum Gasteiger partial charge on any atom is 0.271 e. The molecule has 2 amide bonds. The van der Waals surface area contributed by atoms with Gasteiger partial charge in [0, 0.05) is 36.6 Å². The highest BCUT2D eigenvalue weighted by Crippen LogP contribution is 2.24. The van der Waals surface area contributed by atoms with Gasteiger partial charge in [0.1, 0.15) is 12.6 Å². The molecule has 0 aromatic heterocycles. The zero-order valence-electron chi connectivity index (χ0n) is 20.8. The van der Waals surface area contributed by atoms with Crippen LogP contribution in [0, 0.1) is 10.1 Å². The number of anilines is 1. The number of likely N-dealkylation sites (N-methyl/N-ethyl adjacent to an activating group) is 1. The molecule has 0 aliphatic carbocycles. The summed E-state index contributed by atoms with van der Waals surface area (Å²) in [6.07, 6.45) is 1.11. The third-order valence-corrected chi connectivity index (χ3v) is 7.40. The van der Waals surface area contributed by atoms with Gasteiger partial charge in [0.05, 0.1) is 16.9 Å². The molecule has 0 heterocycles. The first kappa shape index (κ1) is 28.8. The van der Waals surface area contributed by atoms with Crippen LogP contribution in [0.5, 0.6) is 0 Å². The monoisotopic (exact) mass is 602 g/mol. The van der Waals surface area contributed by atoms with Crippen LogP contribution in [0.2, 0.25) is 0 Å². The number of halogens is 1. The van der Waals surface area contributed by atoms with Gasteiger partial charge in [-0.3, -0.25) is 24.0 Å². The fourth-order valence-electron chi connectivity index (χ4n) is 3.93. The van der Waals surface area contributed by atoms with Gasteiger partial charge in [-0.15, -0.1) is 0 Å². The van der Waals surface area contributed by atoms with E-state index in [9.17, 15) is 28.1 Å². The molecule has 0 radical (unpaired) electrons. The van der Waals surface area contributed by atoms with E-state index in [1.165, 1.54) is 30.1 Å². The number of sulfonamides is 1. The van der Waals surface area contributed by atoms with Crippen molar-refractivity contribution >= 4 is 49.1 Å². The number of rotatable bonds is 11. The highest BCUT2D eigenvalue weighted by Gasteiger charge is 2.33. The summed E-state index contributed by atoms with van der Waals surface area (Å²) in [5.41, 5.74) is 1.18. The number of non-ortho nitro benzene ring substituents is 1. The Hall–Kier alpha value is -3.77. The standard InChI is InChI=1S/C26H27BrN4O6S/c1-28-26(33)24(15-19-8-4-3-5-9-19)29(17-20-10-6-11-21(27)14-20)25(32)18-30(38(2,36)37)22-12-7-13-23(16-22)31(34)35/h3-14,16,24H,15,17-18H2,1-2H3,(H,28,33)/t24-/m1/s1. The molecule has 1 atom stereocenters. The molecule has 0 fully saturated rings. The summed E-state index contributed by atoms with van der Waals surface area (Å²) in [5, 5.41) is 13.9. The SMILES string of the molecule is CNC(=O)[C@@H](Cc1ccccc1)N(Cc1cccc(Br)c1)C(=O)CN(c1cccc([N+](=O)[O-])c1)S(C)(=O)=O. The lowest BCUT2D eigenvalue weighted by Crippen LogP contribution is -2.52. The molecule has 3 aromatic rings. The number of carbonyl (C=O) groups is 2. The van der Waals surface area contributed by atoms with Crippen molar-refractivity contribution in [3.8, 4) is 0 Å². The minimum atomic E-state index is -4.02. The van der Waals surface area contributed by atoms with Crippen molar-refractivity contribution in [1.29, 1.82) is 0 Å². The van der Waals surface area contributed by atoms with E-state index in [1.807, 2.05) is 36.4 Å². The number of nitro benzene ring substituents is 1. The number of hydrogen-bond acceptors (Lipinski definition) is 6. The smallest absolute Gasteiger partial charge is 0.271 e. The van der Waals surface area contributed by atoms with Gasteiger partial charge in [-0.2, -0.15) is 0 Å². The van der Waals surface area contributed by atoms with E-state index in [0.29, 0.717) is 0 Å². The molecule has 0 saturated carbocycles. The third kappa shape index (κ3) is 7.62. The van der Waals surface area contributed by atoms with Gasteiger partial charge >= 0.3 is 0 Å². The van der Waals surface area contributed by atoms with E-state index in [0.717, 1.165) is 32.2 Å². The van der Waals surface area contributed by atoms with E-state index in [2.05, 4.69) is 21.2 Å². The minimum absolute atomic E-state index is 0.0235. The predicted molar refractivity (Wildman–Crippen MR) is 148 cm³/mol. The van der Waals surface area contributed by atoms with Gasteiger partial charge in [-0.25, -0.2) is 8.42 Å². The van der Waals surface area contributed by atoms with E-state index >= 15 is 0 Å². The molecule has 3 rings (SSSR count). The lowest BCUT2D eigenvalue weighted by molar-refractivity contribution is -0.384. The van der Waals surface area contributed by atoms with Crippen LogP contribution in [0.25, 0.3) is 0 Å². The first-order valence-corrected chi connectivity index (χ1v) is 14.2. The first-order valence-electron chi connectivity index (χ1n) is 11.5. The van der Waals surface area contributed by atoms with Crippen LogP contribution in [0.3, 0.4) is 0 Å². The zero-order valence-corrected chi connectivity index (χ0v) is 23.2. The molecule has 0 aliphatic heterocycles. The summed E-state index contributed by atoms with van der Waals surface area (Å²) < 4.78 is 27.0. The largest absolute Gasteiger partial charge is 0.357 e. The zero-order chi connectivity index (χ0) is 27.9. The van der Waals surface area contributed by atoms with Crippen molar-refractivity contribution in [3.63, 3.8) is 0 Å². The van der Waals surface area contributed by atoms with Crippen LogP contribution in [0.1, 0.15) is 11.1 Å². The number of hydrogen-bond donors (Lipinski definition) is 1. The number of carbonyl (C=O) groups excluding carboxylic acids is 2. The average molecular weight is 603 g/mol. The molecule has 38 heavy (non-hydrogen) atoms. The molecule has 0 aliphatic rings. The molecule has 200 valence electrons. The van der Waals surface area contributed by atoms with Crippen LogP contribution in [0.4, 0.5) is 11.4 Å². The lowest BCUT2D eigenvalue weighted by Gasteiger charge is -2.33. The van der Waals surface area contributed by atoms with Gasteiger partial charge in [0.2, 0.25) is 21.8 Å². The Morgan fingerprint density at radius 3 is 2.26 bits per heavy atom. The maximum atomic E-state index is 13.8. The highest BCUT2D eigenvalue weighted by atomic mass is 79.9. The summed E-state index contributed by atoms with van der Waals surface area (Å²) in [5.74, 6) is -1.06. The molecule has 12 heteroatoms. The van der Waals surface area contributed by atoms with Crippen molar-refractivity contribution < 1.29 is 22.9 Å². The summed E-state index contributed by atoms with van der Waals surface area (Å²) in [6, 6.07) is 20.5. The quantitative estimate of drug-likeness (QED) is 0.264. The summed E-state index contributed by atoms with van der Waals surface area (Å²) >= 11 is 3.41. The second-order valence-electron chi connectivity index (χ2n) is 8.52. The number of amides is 2. The fourth-order valence-corrected chi connectivity index (χ4v) is 5.22. The predicted octanol–water partition coefficient (Wildman–Crippen LogP) is 3.51. The topological polar surface area (TPSA) is 130 Å². The van der Waals surface area contributed by atoms with Gasteiger partial charge in [0.25, 0.3) is 5.69 Å². The average Bonchev–Trinajstić information content (AvgIpc) is 2.88. The van der Waals surface area contributed by atoms with Crippen molar-refractivity contribution in [2.24, 2.45) is 0 Å². The summed E-state index contributed by atoms with van der Waals surface area (Å²) in [6.45, 7) is -0.633. The van der Waals surface area contributed by atoms with Crippen LogP contribution in [0.15, 0.2) is 83.3 Å². The Labute approximate surface area is 229 Å². The van der Waals surface area contributed by atoms with Gasteiger partial charge in [-0.1, -0.05) is 64.5 Å².